The number of rotatable bonds is 4. The summed E-state index contributed by atoms with van der Waals surface area (Å²) in [5.41, 5.74) is 0.669. The molecule has 2 heterocycles. The average Bonchev–Trinajstić information content (AvgIpc) is 2.84. The third kappa shape index (κ3) is 3.40. The molecule has 2 aromatic rings. The Labute approximate surface area is 133 Å². The van der Waals surface area contributed by atoms with Crippen molar-refractivity contribution >= 4 is 31.6 Å². The number of aromatic nitrogens is 1. The molecule has 1 atom stereocenters. The number of likely N-dealkylation sites (tertiary alicyclic amines) is 1. The van der Waals surface area contributed by atoms with Gasteiger partial charge >= 0.3 is 4.87 Å². The fourth-order valence-corrected chi connectivity index (χ4v) is 4.84. The zero-order chi connectivity index (χ0) is 15.7. The van der Waals surface area contributed by atoms with Gasteiger partial charge < -0.3 is 9.88 Å². The maximum atomic E-state index is 12.4. The third-order valence-corrected chi connectivity index (χ3v) is 6.25. The van der Waals surface area contributed by atoms with E-state index < -0.39 is 10.0 Å². The zero-order valence-corrected chi connectivity index (χ0v) is 14.0. The molecule has 22 heavy (non-hydrogen) atoms. The summed E-state index contributed by atoms with van der Waals surface area (Å²) in [5, 5.41) is 0. The SMILES string of the molecule is CN1CCC[C@H](CNS(=O)(=O)c2ccc3[nH]c(=O)sc3c2)C1. The van der Waals surface area contributed by atoms with Crippen molar-refractivity contribution in [2.24, 2.45) is 5.92 Å². The average molecular weight is 341 g/mol. The Hall–Kier alpha value is -1.22. The summed E-state index contributed by atoms with van der Waals surface area (Å²) in [5.74, 6) is 0.348. The molecule has 1 aromatic heterocycles. The molecule has 3 rings (SSSR count). The number of nitrogens with zero attached hydrogens (tertiary/aromatic N) is 1. The van der Waals surface area contributed by atoms with Crippen molar-refractivity contribution in [3.8, 4) is 0 Å². The predicted molar refractivity (Wildman–Crippen MR) is 87.9 cm³/mol. The maximum absolute atomic E-state index is 12.4. The molecule has 0 saturated carbocycles. The van der Waals surface area contributed by atoms with Crippen LogP contribution >= 0.6 is 11.3 Å². The number of H-pyrrole nitrogens is 1. The van der Waals surface area contributed by atoms with Gasteiger partial charge in [-0.2, -0.15) is 0 Å². The highest BCUT2D eigenvalue weighted by Gasteiger charge is 2.21. The van der Waals surface area contributed by atoms with Crippen molar-refractivity contribution in [1.29, 1.82) is 0 Å². The number of aromatic amines is 1. The molecule has 6 nitrogen and oxygen atoms in total. The Morgan fingerprint density at radius 1 is 1.45 bits per heavy atom. The number of hydrogen-bond acceptors (Lipinski definition) is 5. The highest BCUT2D eigenvalue weighted by atomic mass is 32.2. The minimum absolute atomic E-state index is 0.178. The number of thiazole rings is 1. The second-order valence-electron chi connectivity index (χ2n) is 5.79. The summed E-state index contributed by atoms with van der Waals surface area (Å²) in [4.78, 5) is 16.2. The van der Waals surface area contributed by atoms with E-state index in [-0.39, 0.29) is 9.77 Å². The molecule has 2 N–H and O–H groups in total. The lowest BCUT2D eigenvalue weighted by Crippen LogP contribution is -2.39. The third-order valence-electron chi connectivity index (χ3n) is 3.99. The molecule has 0 spiro atoms. The summed E-state index contributed by atoms with van der Waals surface area (Å²) in [6.07, 6.45) is 2.15. The van der Waals surface area contributed by atoms with Crippen LogP contribution in [-0.2, 0) is 10.0 Å². The summed E-state index contributed by atoms with van der Waals surface area (Å²) < 4.78 is 28.2. The topological polar surface area (TPSA) is 82.3 Å². The zero-order valence-electron chi connectivity index (χ0n) is 12.3. The van der Waals surface area contributed by atoms with E-state index in [4.69, 9.17) is 0 Å². The Balaban J connectivity index is 1.74. The van der Waals surface area contributed by atoms with Crippen molar-refractivity contribution < 1.29 is 8.42 Å². The first-order valence-electron chi connectivity index (χ1n) is 7.25. The van der Waals surface area contributed by atoms with Crippen LogP contribution in [0.15, 0.2) is 27.9 Å². The fraction of sp³-hybridized carbons (Fsp3) is 0.500. The highest BCUT2D eigenvalue weighted by molar-refractivity contribution is 7.89. The summed E-state index contributed by atoms with van der Waals surface area (Å²) in [6.45, 7) is 2.45. The van der Waals surface area contributed by atoms with Gasteiger partial charge in [0.25, 0.3) is 0 Å². The summed E-state index contributed by atoms with van der Waals surface area (Å²) in [6, 6.07) is 4.71. The van der Waals surface area contributed by atoms with E-state index in [1.807, 2.05) is 0 Å². The molecular weight excluding hydrogens is 322 g/mol. The van der Waals surface area contributed by atoms with Crippen molar-refractivity contribution in [3.05, 3.63) is 27.9 Å². The van der Waals surface area contributed by atoms with Crippen LogP contribution in [0.2, 0.25) is 0 Å². The number of benzene rings is 1. The molecule has 1 aliphatic rings. The number of piperidine rings is 1. The van der Waals surface area contributed by atoms with Crippen LogP contribution in [0.25, 0.3) is 10.2 Å². The van der Waals surface area contributed by atoms with Crippen molar-refractivity contribution in [1.82, 2.24) is 14.6 Å². The van der Waals surface area contributed by atoms with Crippen LogP contribution < -0.4 is 9.60 Å². The molecule has 1 aliphatic heterocycles. The van der Waals surface area contributed by atoms with E-state index in [0.717, 1.165) is 37.3 Å². The summed E-state index contributed by atoms with van der Waals surface area (Å²) >= 11 is 1.02. The monoisotopic (exact) mass is 341 g/mol. The Morgan fingerprint density at radius 2 is 2.27 bits per heavy atom. The van der Waals surface area contributed by atoms with Gasteiger partial charge in [0, 0.05) is 13.1 Å². The van der Waals surface area contributed by atoms with E-state index in [2.05, 4.69) is 21.7 Å². The van der Waals surface area contributed by atoms with Crippen LogP contribution in [0, 0.1) is 5.92 Å². The Morgan fingerprint density at radius 3 is 3.05 bits per heavy atom. The molecule has 0 radical (unpaired) electrons. The van der Waals surface area contributed by atoms with Gasteiger partial charge in [-0.05, 0) is 50.6 Å². The quantitative estimate of drug-likeness (QED) is 0.876. The number of hydrogen-bond donors (Lipinski definition) is 2. The van der Waals surface area contributed by atoms with E-state index in [9.17, 15) is 13.2 Å². The smallest absolute Gasteiger partial charge is 0.305 e. The highest BCUT2D eigenvalue weighted by Crippen LogP contribution is 2.20. The Bertz CT molecular complexity index is 825. The number of fused-ring (bicyclic) bond motifs is 1. The van der Waals surface area contributed by atoms with Gasteiger partial charge in [0.05, 0.1) is 15.1 Å². The molecule has 8 heteroatoms. The molecule has 0 aliphatic carbocycles. The van der Waals surface area contributed by atoms with Crippen LogP contribution in [0.4, 0.5) is 0 Å². The first kappa shape index (κ1) is 15.7. The van der Waals surface area contributed by atoms with Crippen LogP contribution in [0.1, 0.15) is 12.8 Å². The number of nitrogens with one attached hydrogen (secondary N) is 2. The van der Waals surface area contributed by atoms with E-state index in [0.29, 0.717) is 22.7 Å². The lowest BCUT2D eigenvalue weighted by atomic mass is 9.99. The van der Waals surface area contributed by atoms with Crippen molar-refractivity contribution in [2.45, 2.75) is 17.7 Å². The van der Waals surface area contributed by atoms with Crippen molar-refractivity contribution in [3.63, 3.8) is 0 Å². The molecule has 1 aromatic carbocycles. The van der Waals surface area contributed by atoms with Gasteiger partial charge in [-0.25, -0.2) is 13.1 Å². The second-order valence-corrected chi connectivity index (χ2v) is 8.58. The first-order valence-corrected chi connectivity index (χ1v) is 9.55. The largest absolute Gasteiger partial charge is 0.312 e. The lowest BCUT2D eigenvalue weighted by Gasteiger charge is -2.29. The van der Waals surface area contributed by atoms with Gasteiger partial charge in [-0.3, -0.25) is 4.79 Å². The Kier molecular flexibility index (Phi) is 4.35. The van der Waals surface area contributed by atoms with Gasteiger partial charge in [-0.1, -0.05) is 11.3 Å². The standard InChI is InChI=1S/C14H19N3O3S2/c1-17-6-2-3-10(9-17)8-15-22(19,20)11-4-5-12-13(7-11)21-14(18)16-12/h4-5,7,10,15H,2-3,6,8-9H2,1H3,(H,16,18)/t10-/m1/s1. The normalized spacial score (nSPS) is 20.5. The van der Waals surface area contributed by atoms with Gasteiger partial charge in [0.15, 0.2) is 0 Å². The van der Waals surface area contributed by atoms with E-state index in [1.54, 1.807) is 12.1 Å². The van der Waals surface area contributed by atoms with Gasteiger partial charge in [0.1, 0.15) is 0 Å². The number of sulfonamides is 1. The van der Waals surface area contributed by atoms with Crippen molar-refractivity contribution in [2.75, 3.05) is 26.7 Å². The van der Waals surface area contributed by atoms with Crippen LogP contribution in [0.3, 0.4) is 0 Å². The summed E-state index contributed by atoms with van der Waals surface area (Å²) in [7, 11) is -1.48. The molecule has 1 fully saturated rings. The van der Waals surface area contributed by atoms with E-state index in [1.165, 1.54) is 6.07 Å². The molecule has 0 amide bonds. The molecule has 0 bridgehead atoms. The molecule has 0 unspecified atom stereocenters. The van der Waals surface area contributed by atoms with Crippen LogP contribution in [0.5, 0.6) is 0 Å². The fourth-order valence-electron chi connectivity index (χ4n) is 2.84. The maximum Gasteiger partial charge on any atom is 0.305 e. The predicted octanol–water partition coefficient (Wildman–Crippen LogP) is 1.21. The first-order chi connectivity index (χ1) is 10.4. The molecule has 120 valence electrons. The van der Waals surface area contributed by atoms with Gasteiger partial charge in [0.2, 0.25) is 10.0 Å². The second kappa shape index (κ2) is 6.11. The van der Waals surface area contributed by atoms with Gasteiger partial charge in [-0.15, -0.1) is 0 Å². The van der Waals surface area contributed by atoms with E-state index >= 15 is 0 Å². The molecule has 1 saturated heterocycles. The minimum atomic E-state index is -3.54. The van der Waals surface area contributed by atoms with Crippen LogP contribution in [-0.4, -0.2) is 45.0 Å². The lowest BCUT2D eigenvalue weighted by molar-refractivity contribution is 0.211. The minimum Gasteiger partial charge on any atom is -0.312 e. The molecular formula is C14H19N3O3S2.